The standard InChI is InChI=1S/C14H30N2O/c1-5-14(3,11-15-13-7-8-13)12-16(4)9-10-17-6-2/h13,15H,5-12H2,1-4H3. The molecule has 0 radical (unpaired) electrons. The Hall–Kier alpha value is -0.120. The lowest BCUT2D eigenvalue weighted by molar-refractivity contribution is 0.102. The zero-order chi connectivity index (χ0) is 12.7. The molecule has 1 aliphatic rings. The van der Waals surface area contributed by atoms with Gasteiger partial charge in [0, 0.05) is 32.3 Å². The van der Waals surface area contributed by atoms with Gasteiger partial charge in [-0.3, -0.25) is 0 Å². The van der Waals surface area contributed by atoms with Gasteiger partial charge in [0.05, 0.1) is 6.61 Å². The van der Waals surface area contributed by atoms with Crippen molar-refractivity contribution in [3.05, 3.63) is 0 Å². The maximum atomic E-state index is 5.40. The van der Waals surface area contributed by atoms with Gasteiger partial charge in [0.2, 0.25) is 0 Å². The summed E-state index contributed by atoms with van der Waals surface area (Å²) in [5, 5.41) is 3.66. The lowest BCUT2D eigenvalue weighted by Crippen LogP contribution is -2.42. The van der Waals surface area contributed by atoms with E-state index in [1.807, 2.05) is 0 Å². The third-order valence-corrected chi connectivity index (χ3v) is 3.72. The molecule has 0 aromatic carbocycles. The highest BCUT2D eigenvalue weighted by Gasteiger charge is 2.28. The maximum Gasteiger partial charge on any atom is 0.0593 e. The van der Waals surface area contributed by atoms with E-state index in [1.165, 1.54) is 19.3 Å². The van der Waals surface area contributed by atoms with Crippen LogP contribution < -0.4 is 5.32 Å². The van der Waals surface area contributed by atoms with Gasteiger partial charge in [0.25, 0.3) is 0 Å². The lowest BCUT2D eigenvalue weighted by Gasteiger charge is -2.33. The van der Waals surface area contributed by atoms with E-state index in [2.05, 4.69) is 38.0 Å². The molecule has 0 heterocycles. The van der Waals surface area contributed by atoms with E-state index < -0.39 is 0 Å². The first kappa shape index (κ1) is 14.9. The fourth-order valence-corrected chi connectivity index (χ4v) is 2.07. The van der Waals surface area contributed by atoms with Gasteiger partial charge < -0.3 is 15.0 Å². The number of hydrogen-bond donors (Lipinski definition) is 1. The largest absolute Gasteiger partial charge is 0.380 e. The van der Waals surface area contributed by atoms with Crippen molar-refractivity contribution in [2.75, 3.05) is 39.9 Å². The Morgan fingerprint density at radius 2 is 2.06 bits per heavy atom. The number of likely N-dealkylation sites (N-methyl/N-ethyl adjacent to an activating group) is 1. The van der Waals surface area contributed by atoms with Crippen molar-refractivity contribution in [2.45, 2.75) is 46.1 Å². The minimum absolute atomic E-state index is 0.392. The van der Waals surface area contributed by atoms with Crippen LogP contribution in [-0.2, 0) is 4.74 Å². The molecule has 1 rings (SSSR count). The average Bonchev–Trinajstić information content (AvgIpc) is 3.11. The highest BCUT2D eigenvalue weighted by atomic mass is 16.5. The molecule has 0 aromatic heterocycles. The first-order chi connectivity index (χ1) is 8.09. The monoisotopic (exact) mass is 242 g/mol. The van der Waals surface area contributed by atoms with Gasteiger partial charge in [-0.2, -0.15) is 0 Å². The molecule has 102 valence electrons. The number of nitrogens with zero attached hydrogens (tertiary/aromatic N) is 1. The lowest BCUT2D eigenvalue weighted by atomic mass is 9.87. The van der Waals surface area contributed by atoms with Crippen molar-refractivity contribution in [3.8, 4) is 0 Å². The van der Waals surface area contributed by atoms with E-state index in [1.54, 1.807) is 0 Å². The summed E-state index contributed by atoms with van der Waals surface area (Å²) in [7, 11) is 2.20. The smallest absolute Gasteiger partial charge is 0.0593 e. The van der Waals surface area contributed by atoms with Crippen LogP contribution in [0.2, 0.25) is 0 Å². The molecule has 0 aromatic rings. The zero-order valence-electron chi connectivity index (χ0n) is 12.1. The molecule has 0 saturated heterocycles. The van der Waals surface area contributed by atoms with E-state index in [0.29, 0.717) is 5.41 Å². The summed E-state index contributed by atoms with van der Waals surface area (Å²) in [6.45, 7) is 11.7. The van der Waals surface area contributed by atoms with Crippen molar-refractivity contribution >= 4 is 0 Å². The Morgan fingerprint density at radius 1 is 1.35 bits per heavy atom. The van der Waals surface area contributed by atoms with Crippen LogP contribution in [0.1, 0.15) is 40.0 Å². The maximum absolute atomic E-state index is 5.40. The first-order valence-corrected chi connectivity index (χ1v) is 7.09. The van der Waals surface area contributed by atoms with Crippen LogP contribution in [0.25, 0.3) is 0 Å². The summed E-state index contributed by atoms with van der Waals surface area (Å²) in [4.78, 5) is 2.40. The van der Waals surface area contributed by atoms with Gasteiger partial charge in [0.15, 0.2) is 0 Å². The minimum Gasteiger partial charge on any atom is -0.380 e. The first-order valence-electron chi connectivity index (χ1n) is 7.09. The van der Waals surface area contributed by atoms with Gasteiger partial charge in [-0.15, -0.1) is 0 Å². The fourth-order valence-electron chi connectivity index (χ4n) is 2.07. The van der Waals surface area contributed by atoms with Crippen LogP contribution in [0, 0.1) is 5.41 Å². The summed E-state index contributed by atoms with van der Waals surface area (Å²) in [5.41, 5.74) is 0.392. The summed E-state index contributed by atoms with van der Waals surface area (Å²) in [5.74, 6) is 0. The van der Waals surface area contributed by atoms with Gasteiger partial charge in [0.1, 0.15) is 0 Å². The molecule has 17 heavy (non-hydrogen) atoms. The van der Waals surface area contributed by atoms with Gasteiger partial charge in [-0.25, -0.2) is 0 Å². The van der Waals surface area contributed by atoms with Crippen LogP contribution in [0.4, 0.5) is 0 Å². The molecule has 1 N–H and O–H groups in total. The van der Waals surface area contributed by atoms with Gasteiger partial charge >= 0.3 is 0 Å². The molecule has 1 atom stereocenters. The second-order valence-corrected chi connectivity index (χ2v) is 5.75. The highest BCUT2D eigenvalue weighted by Crippen LogP contribution is 2.25. The van der Waals surface area contributed by atoms with Gasteiger partial charge in [-0.05, 0) is 38.6 Å². The normalized spacial score (nSPS) is 19.6. The molecule has 3 heteroatoms. The van der Waals surface area contributed by atoms with Crippen molar-refractivity contribution in [3.63, 3.8) is 0 Å². The molecule has 0 aliphatic heterocycles. The van der Waals surface area contributed by atoms with Crippen molar-refractivity contribution in [1.82, 2.24) is 10.2 Å². The predicted octanol–water partition coefficient (Wildman–Crippen LogP) is 2.12. The Morgan fingerprint density at radius 3 is 2.59 bits per heavy atom. The van der Waals surface area contributed by atoms with Crippen LogP contribution in [-0.4, -0.2) is 50.8 Å². The SMILES string of the molecule is CCOCCN(C)CC(C)(CC)CNC1CC1. The molecule has 3 nitrogen and oxygen atoms in total. The minimum atomic E-state index is 0.392. The number of ether oxygens (including phenoxy) is 1. The molecule has 1 fully saturated rings. The van der Waals surface area contributed by atoms with Crippen molar-refractivity contribution in [1.29, 1.82) is 0 Å². The summed E-state index contributed by atoms with van der Waals surface area (Å²) >= 11 is 0. The summed E-state index contributed by atoms with van der Waals surface area (Å²) < 4.78 is 5.40. The Kier molecular flexibility index (Phi) is 6.45. The van der Waals surface area contributed by atoms with E-state index in [4.69, 9.17) is 4.74 Å². The van der Waals surface area contributed by atoms with E-state index in [-0.39, 0.29) is 0 Å². The quantitative estimate of drug-likeness (QED) is 0.594. The van der Waals surface area contributed by atoms with Crippen LogP contribution in [0.15, 0.2) is 0 Å². The molecular formula is C14H30N2O. The molecule has 1 unspecified atom stereocenters. The predicted molar refractivity (Wildman–Crippen MR) is 73.4 cm³/mol. The van der Waals surface area contributed by atoms with Crippen molar-refractivity contribution in [2.24, 2.45) is 5.41 Å². The topological polar surface area (TPSA) is 24.5 Å². The molecule has 1 saturated carbocycles. The third-order valence-electron chi connectivity index (χ3n) is 3.72. The number of nitrogens with one attached hydrogen (secondary N) is 1. The molecule has 0 amide bonds. The number of rotatable bonds is 10. The Balaban J connectivity index is 2.21. The Bertz CT molecular complexity index is 206. The fraction of sp³-hybridized carbons (Fsp3) is 1.00. The van der Waals surface area contributed by atoms with E-state index in [9.17, 15) is 0 Å². The van der Waals surface area contributed by atoms with Gasteiger partial charge in [-0.1, -0.05) is 13.8 Å². The number of hydrogen-bond acceptors (Lipinski definition) is 3. The third kappa shape index (κ3) is 6.39. The molecule has 1 aliphatic carbocycles. The zero-order valence-corrected chi connectivity index (χ0v) is 12.1. The molecule has 0 bridgehead atoms. The second-order valence-electron chi connectivity index (χ2n) is 5.75. The molecular weight excluding hydrogens is 212 g/mol. The van der Waals surface area contributed by atoms with Crippen molar-refractivity contribution < 1.29 is 4.74 Å². The second kappa shape index (κ2) is 7.34. The average molecular weight is 242 g/mol. The Labute approximate surface area is 107 Å². The van der Waals surface area contributed by atoms with E-state index in [0.717, 1.165) is 38.9 Å². The van der Waals surface area contributed by atoms with Crippen LogP contribution in [0.3, 0.4) is 0 Å². The molecule has 0 spiro atoms. The highest BCUT2D eigenvalue weighted by molar-refractivity contribution is 4.86. The van der Waals surface area contributed by atoms with Crippen LogP contribution >= 0.6 is 0 Å². The summed E-state index contributed by atoms with van der Waals surface area (Å²) in [6, 6.07) is 0.814. The van der Waals surface area contributed by atoms with E-state index >= 15 is 0 Å². The summed E-state index contributed by atoms with van der Waals surface area (Å²) in [6.07, 6.45) is 3.98. The van der Waals surface area contributed by atoms with Crippen LogP contribution in [0.5, 0.6) is 0 Å².